The Morgan fingerprint density at radius 1 is 1.04 bits per heavy atom. The van der Waals surface area contributed by atoms with Gasteiger partial charge in [0.15, 0.2) is 5.96 Å². The fourth-order valence-corrected chi connectivity index (χ4v) is 2.03. The average molecular weight is 481 g/mol. The maximum atomic E-state index is 12.1. The quantitative estimate of drug-likeness (QED) is 0.369. The molecule has 0 saturated carbocycles. The van der Waals surface area contributed by atoms with Crippen molar-refractivity contribution < 1.29 is 22.6 Å². The lowest BCUT2D eigenvalue weighted by Gasteiger charge is -2.10. The molecular weight excluding hydrogens is 462 g/mol. The van der Waals surface area contributed by atoms with E-state index >= 15 is 0 Å². The summed E-state index contributed by atoms with van der Waals surface area (Å²) in [5.74, 6) is 0.664. The molecule has 0 aromatic heterocycles. The van der Waals surface area contributed by atoms with Crippen molar-refractivity contribution in [2.75, 3.05) is 19.0 Å². The van der Waals surface area contributed by atoms with Gasteiger partial charge in [0.25, 0.3) is 0 Å². The molecule has 142 valence electrons. The molecule has 0 aliphatic rings. The number of benzene rings is 2. The first-order chi connectivity index (χ1) is 11.9. The predicted molar refractivity (Wildman–Crippen MR) is 105 cm³/mol. The highest BCUT2D eigenvalue weighted by atomic mass is 127. The number of anilines is 1. The molecule has 0 radical (unpaired) electrons. The van der Waals surface area contributed by atoms with E-state index in [-0.39, 0.29) is 35.7 Å². The number of hydrogen-bond donors (Lipinski definition) is 2. The Morgan fingerprint density at radius 2 is 1.62 bits per heavy atom. The highest BCUT2D eigenvalue weighted by molar-refractivity contribution is 14.0. The second-order valence-electron chi connectivity index (χ2n) is 5.06. The molecule has 2 aromatic rings. The number of nitrogens with two attached hydrogens (primary N) is 1. The summed E-state index contributed by atoms with van der Waals surface area (Å²) in [6.07, 6.45) is -4.01. The van der Waals surface area contributed by atoms with Gasteiger partial charge in [-0.2, -0.15) is 0 Å². The van der Waals surface area contributed by atoms with Gasteiger partial charge < -0.3 is 20.5 Å². The van der Waals surface area contributed by atoms with Crippen LogP contribution in [0.5, 0.6) is 11.5 Å². The van der Waals surface area contributed by atoms with Crippen LogP contribution in [0.2, 0.25) is 0 Å². The Hall–Kier alpha value is -2.17. The molecule has 0 spiro atoms. The molecule has 0 saturated heterocycles. The third kappa shape index (κ3) is 7.81. The van der Waals surface area contributed by atoms with Crippen molar-refractivity contribution in [1.29, 1.82) is 0 Å². The van der Waals surface area contributed by atoms with Crippen LogP contribution in [0, 0.1) is 0 Å². The summed E-state index contributed by atoms with van der Waals surface area (Å²) in [6, 6.07) is 12.9. The molecule has 9 heteroatoms. The van der Waals surface area contributed by atoms with E-state index in [1.54, 1.807) is 7.11 Å². The molecule has 0 aliphatic heterocycles. The van der Waals surface area contributed by atoms with Crippen LogP contribution in [-0.4, -0.2) is 26.0 Å². The summed E-state index contributed by atoms with van der Waals surface area (Å²) in [4.78, 5) is 4.18. The molecule has 0 bridgehead atoms. The molecule has 3 N–H and O–H groups in total. The summed E-state index contributed by atoms with van der Waals surface area (Å²) in [6.45, 7) is 0.473. The molecule has 2 aromatic carbocycles. The fourth-order valence-electron chi connectivity index (χ4n) is 2.03. The first kappa shape index (κ1) is 21.9. The van der Waals surface area contributed by atoms with Crippen LogP contribution in [0.1, 0.15) is 5.56 Å². The van der Waals surface area contributed by atoms with Gasteiger partial charge in [0.05, 0.1) is 7.11 Å². The van der Waals surface area contributed by atoms with E-state index in [9.17, 15) is 13.2 Å². The number of guanidine groups is 1. The van der Waals surface area contributed by atoms with Crippen molar-refractivity contribution in [3.8, 4) is 11.5 Å². The Balaban J connectivity index is 0.00000338. The lowest BCUT2D eigenvalue weighted by atomic mass is 10.1. The third-order valence-electron chi connectivity index (χ3n) is 3.20. The van der Waals surface area contributed by atoms with Gasteiger partial charge in [-0.3, -0.25) is 4.99 Å². The van der Waals surface area contributed by atoms with E-state index in [1.165, 1.54) is 24.3 Å². The standard InChI is InChI=1S/C17H18F3N3O2.HI/c1-24-14-6-2-12(3-7-14)10-11-22-16(21)23-13-4-8-15(9-5-13)25-17(18,19)20;/h2-9H,10-11H2,1H3,(H3,21,22,23);1H. The molecule has 2 rings (SSSR count). The molecule has 0 amide bonds. The smallest absolute Gasteiger partial charge is 0.497 e. The summed E-state index contributed by atoms with van der Waals surface area (Å²) < 4.78 is 45.1. The van der Waals surface area contributed by atoms with Crippen LogP contribution in [0.4, 0.5) is 18.9 Å². The minimum atomic E-state index is -4.71. The Morgan fingerprint density at radius 3 is 2.15 bits per heavy atom. The molecule has 5 nitrogen and oxygen atoms in total. The Labute approximate surface area is 166 Å². The highest BCUT2D eigenvalue weighted by Gasteiger charge is 2.30. The van der Waals surface area contributed by atoms with Crippen LogP contribution >= 0.6 is 24.0 Å². The van der Waals surface area contributed by atoms with E-state index in [1.807, 2.05) is 24.3 Å². The van der Waals surface area contributed by atoms with E-state index in [0.29, 0.717) is 18.7 Å². The van der Waals surface area contributed by atoms with Crippen LogP contribution < -0.4 is 20.5 Å². The van der Waals surface area contributed by atoms with Gasteiger partial charge in [-0.15, -0.1) is 37.1 Å². The average Bonchev–Trinajstić information content (AvgIpc) is 2.56. The molecule has 26 heavy (non-hydrogen) atoms. The zero-order chi connectivity index (χ0) is 18.3. The van der Waals surface area contributed by atoms with Gasteiger partial charge in [0.2, 0.25) is 0 Å². The minimum absolute atomic E-state index is 0. The summed E-state index contributed by atoms with van der Waals surface area (Å²) in [5.41, 5.74) is 7.37. The molecule has 0 unspecified atom stereocenters. The largest absolute Gasteiger partial charge is 0.573 e. The molecular formula is C17H19F3IN3O2. The van der Waals surface area contributed by atoms with Crippen molar-refractivity contribution in [2.45, 2.75) is 12.8 Å². The maximum Gasteiger partial charge on any atom is 0.573 e. The maximum absolute atomic E-state index is 12.1. The third-order valence-corrected chi connectivity index (χ3v) is 3.20. The lowest BCUT2D eigenvalue weighted by Crippen LogP contribution is -2.23. The molecule has 0 fully saturated rings. The number of hydrogen-bond acceptors (Lipinski definition) is 3. The number of alkyl halides is 3. The second kappa shape index (κ2) is 10.1. The van der Waals surface area contributed by atoms with E-state index in [0.717, 1.165) is 11.3 Å². The number of aliphatic imine (C=N–C) groups is 1. The summed E-state index contributed by atoms with van der Waals surface area (Å²) in [7, 11) is 1.60. The van der Waals surface area contributed by atoms with Crippen molar-refractivity contribution in [3.05, 3.63) is 54.1 Å². The van der Waals surface area contributed by atoms with Crippen LogP contribution in [-0.2, 0) is 6.42 Å². The van der Waals surface area contributed by atoms with E-state index in [4.69, 9.17) is 10.5 Å². The molecule has 0 heterocycles. The molecule has 0 aliphatic carbocycles. The topological polar surface area (TPSA) is 68.9 Å². The van der Waals surface area contributed by atoms with Gasteiger partial charge in [0, 0.05) is 12.2 Å². The van der Waals surface area contributed by atoms with Gasteiger partial charge in [0.1, 0.15) is 11.5 Å². The second-order valence-corrected chi connectivity index (χ2v) is 5.06. The van der Waals surface area contributed by atoms with Crippen molar-refractivity contribution >= 4 is 35.6 Å². The molecule has 0 atom stereocenters. The van der Waals surface area contributed by atoms with Gasteiger partial charge in [-0.05, 0) is 48.4 Å². The van der Waals surface area contributed by atoms with Gasteiger partial charge in [-0.1, -0.05) is 12.1 Å². The SMILES string of the molecule is COc1ccc(CCN=C(N)Nc2ccc(OC(F)(F)F)cc2)cc1.I. The Kier molecular flexibility index (Phi) is 8.49. The van der Waals surface area contributed by atoms with E-state index < -0.39 is 6.36 Å². The fraction of sp³-hybridized carbons (Fsp3) is 0.235. The summed E-state index contributed by atoms with van der Waals surface area (Å²) in [5, 5.41) is 2.81. The summed E-state index contributed by atoms with van der Waals surface area (Å²) >= 11 is 0. The monoisotopic (exact) mass is 481 g/mol. The van der Waals surface area contributed by atoms with Crippen molar-refractivity contribution in [2.24, 2.45) is 10.7 Å². The lowest BCUT2D eigenvalue weighted by molar-refractivity contribution is -0.274. The van der Waals surface area contributed by atoms with E-state index in [2.05, 4.69) is 15.0 Å². The van der Waals surface area contributed by atoms with Crippen molar-refractivity contribution in [3.63, 3.8) is 0 Å². The number of nitrogens with zero attached hydrogens (tertiary/aromatic N) is 1. The first-order valence-corrected chi connectivity index (χ1v) is 7.41. The minimum Gasteiger partial charge on any atom is -0.497 e. The number of methoxy groups -OCH3 is 1. The zero-order valence-corrected chi connectivity index (χ0v) is 16.2. The van der Waals surface area contributed by atoms with Crippen LogP contribution in [0.25, 0.3) is 0 Å². The normalized spacial score (nSPS) is 11.5. The zero-order valence-electron chi connectivity index (χ0n) is 13.9. The number of ether oxygens (including phenoxy) is 2. The predicted octanol–water partition coefficient (Wildman–Crippen LogP) is 4.18. The number of nitrogens with one attached hydrogen (secondary N) is 1. The van der Waals surface area contributed by atoms with Crippen LogP contribution in [0.15, 0.2) is 53.5 Å². The van der Waals surface area contributed by atoms with Gasteiger partial charge >= 0.3 is 6.36 Å². The Bertz CT molecular complexity index is 705. The first-order valence-electron chi connectivity index (χ1n) is 7.41. The van der Waals surface area contributed by atoms with Crippen LogP contribution in [0.3, 0.4) is 0 Å². The number of halogens is 4. The van der Waals surface area contributed by atoms with Gasteiger partial charge in [-0.25, -0.2) is 0 Å². The highest BCUT2D eigenvalue weighted by Crippen LogP contribution is 2.23. The van der Waals surface area contributed by atoms with Crippen molar-refractivity contribution in [1.82, 2.24) is 0 Å². The number of rotatable bonds is 6.